The number of carbonyl (C=O) groups is 1. The highest BCUT2D eigenvalue weighted by Crippen LogP contribution is 2.30. The number of carbonyl (C=O) groups excluding carboxylic acids is 1. The van der Waals surface area contributed by atoms with Gasteiger partial charge in [-0.15, -0.1) is 0 Å². The molecule has 0 heterocycles. The Hall–Kier alpha value is -2.49. The molecule has 0 saturated carbocycles. The van der Waals surface area contributed by atoms with Crippen LogP contribution < -0.4 is 10.6 Å². The van der Waals surface area contributed by atoms with Crippen LogP contribution in [0, 0.1) is 11.3 Å². The summed E-state index contributed by atoms with van der Waals surface area (Å²) < 4.78 is 37.7. The van der Waals surface area contributed by atoms with Crippen LogP contribution in [0.3, 0.4) is 0 Å². The maximum absolute atomic E-state index is 12.6. The fourth-order valence-electron chi connectivity index (χ4n) is 1.37. The maximum atomic E-state index is 12.6. The molecule has 0 aliphatic heterocycles. The SMILES string of the molecule is CC(C)N/C=C(/C#N)C(=O)Nc1cccc(C(F)(F)F)c1. The van der Waals surface area contributed by atoms with Crippen molar-refractivity contribution in [3.05, 3.63) is 41.6 Å². The molecule has 2 N–H and O–H groups in total. The summed E-state index contributed by atoms with van der Waals surface area (Å²) >= 11 is 0. The molecule has 0 fully saturated rings. The molecule has 0 aromatic heterocycles. The second-order valence-electron chi connectivity index (χ2n) is 4.52. The maximum Gasteiger partial charge on any atom is 0.416 e. The van der Waals surface area contributed by atoms with Crippen molar-refractivity contribution in [3.8, 4) is 6.07 Å². The highest BCUT2D eigenvalue weighted by Gasteiger charge is 2.30. The normalized spacial score (nSPS) is 12.0. The Bertz CT molecular complexity index is 586. The Kier molecular flexibility index (Phi) is 5.36. The van der Waals surface area contributed by atoms with Gasteiger partial charge in [0.05, 0.1) is 5.56 Å². The van der Waals surface area contributed by atoms with Gasteiger partial charge in [0.2, 0.25) is 0 Å². The summed E-state index contributed by atoms with van der Waals surface area (Å²) in [6, 6.07) is 5.92. The van der Waals surface area contributed by atoms with Gasteiger partial charge in [-0.3, -0.25) is 4.79 Å². The van der Waals surface area contributed by atoms with Crippen molar-refractivity contribution in [1.82, 2.24) is 5.32 Å². The summed E-state index contributed by atoms with van der Waals surface area (Å²) in [4.78, 5) is 11.8. The second-order valence-corrected chi connectivity index (χ2v) is 4.52. The van der Waals surface area contributed by atoms with Crippen LogP contribution in [0.5, 0.6) is 0 Å². The number of nitrogens with zero attached hydrogens (tertiary/aromatic N) is 1. The average molecular weight is 297 g/mol. The van der Waals surface area contributed by atoms with Gasteiger partial charge >= 0.3 is 6.18 Å². The van der Waals surface area contributed by atoms with E-state index in [9.17, 15) is 18.0 Å². The van der Waals surface area contributed by atoms with Gasteiger partial charge in [-0.2, -0.15) is 18.4 Å². The van der Waals surface area contributed by atoms with E-state index in [-0.39, 0.29) is 17.3 Å². The van der Waals surface area contributed by atoms with E-state index >= 15 is 0 Å². The minimum Gasteiger partial charge on any atom is -0.387 e. The van der Waals surface area contributed by atoms with Crippen LogP contribution in [0.25, 0.3) is 0 Å². The van der Waals surface area contributed by atoms with E-state index in [1.807, 2.05) is 13.8 Å². The highest BCUT2D eigenvalue weighted by molar-refractivity contribution is 6.06. The summed E-state index contributed by atoms with van der Waals surface area (Å²) in [5.41, 5.74) is -1.12. The predicted molar refractivity (Wildman–Crippen MR) is 72.0 cm³/mol. The third-order valence-corrected chi connectivity index (χ3v) is 2.37. The number of anilines is 1. The number of halogens is 3. The molecule has 7 heteroatoms. The molecule has 0 spiro atoms. The molecule has 112 valence electrons. The Morgan fingerprint density at radius 1 is 1.38 bits per heavy atom. The van der Waals surface area contributed by atoms with Gasteiger partial charge in [0.1, 0.15) is 11.6 Å². The van der Waals surface area contributed by atoms with Crippen molar-refractivity contribution < 1.29 is 18.0 Å². The monoisotopic (exact) mass is 297 g/mol. The standard InChI is InChI=1S/C14H14F3N3O/c1-9(2)19-8-10(7-18)13(21)20-12-5-3-4-11(6-12)14(15,16)17/h3-6,8-9,19H,1-2H3,(H,20,21)/b10-8-. The fraction of sp³-hybridized carbons (Fsp3) is 0.286. The minimum atomic E-state index is -4.49. The van der Waals surface area contributed by atoms with Crippen molar-refractivity contribution in [2.45, 2.75) is 26.1 Å². The number of nitriles is 1. The molecule has 0 atom stereocenters. The van der Waals surface area contributed by atoms with E-state index in [0.717, 1.165) is 12.1 Å². The van der Waals surface area contributed by atoms with Crippen LogP contribution in [0.4, 0.5) is 18.9 Å². The molecule has 1 rings (SSSR count). The van der Waals surface area contributed by atoms with Crippen molar-refractivity contribution in [2.75, 3.05) is 5.32 Å². The van der Waals surface area contributed by atoms with Crippen LogP contribution in [0.2, 0.25) is 0 Å². The first kappa shape index (κ1) is 16.6. The largest absolute Gasteiger partial charge is 0.416 e. The van der Waals surface area contributed by atoms with Gasteiger partial charge < -0.3 is 10.6 Å². The smallest absolute Gasteiger partial charge is 0.387 e. The molecule has 21 heavy (non-hydrogen) atoms. The van der Waals surface area contributed by atoms with Crippen molar-refractivity contribution >= 4 is 11.6 Å². The zero-order chi connectivity index (χ0) is 16.0. The van der Waals surface area contributed by atoms with Gasteiger partial charge in [-0.1, -0.05) is 6.07 Å². The highest BCUT2D eigenvalue weighted by atomic mass is 19.4. The van der Waals surface area contributed by atoms with Crippen LogP contribution in [0.15, 0.2) is 36.0 Å². The molecule has 4 nitrogen and oxygen atoms in total. The molecule has 0 aliphatic carbocycles. The number of alkyl halides is 3. The lowest BCUT2D eigenvalue weighted by Gasteiger charge is -2.10. The predicted octanol–water partition coefficient (Wildman–Crippen LogP) is 3.05. The summed E-state index contributed by atoms with van der Waals surface area (Å²) in [7, 11) is 0. The molecule has 0 bridgehead atoms. The van der Waals surface area contributed by atoms with E-state index in [2.05, 4.69) is 10.6 Å². The minimum absolute atomic E-state index is 0.0229. The second kappa shape index (κ2) is 6.79. The Morgan fingerprint density at radius 3 is 2.57 bits per heavy atom. The van der Waals surface area contributed by atoms with Crippen molar-refractivity contribution in [2.24, 2.45) is 0 Å². The lowest BCUT2D eigenvalue weighted by atomic mass is 10.2. The first-order valence-corrected chi connectivity index (χ1v) is 6.09. The van der Waals surface area contributed by atoms with Crippen molar-refractivity contribution in [1.29, 1.82) is 5.26 Å². The fourth-order valence-corrected chi connectivity index (χ4v) is 1.37. The summed E-state index contributed by atoms with van der Waals surface area (Å²) in [5.74, 6) is -0.773. The quantitative estimate of drug-likeness (QED) is 0.663. The molecule has 1 amide bonds. The number of amides is 1. The number of hydrogen-bond donors (Lipinski definition) is 2. The molecule has 0 aliphatic rings. The summed E-state index contributed by atoms with van der Waals surface area (Å²) in [5, 5.41) is 13.9. The summed E-state index contributed by atoms with van der Waals surface area (Å²) in [6.45, 7) is 3.63. The third kappa shape index (κ3) is 5.18. The summed E-state index contributed by atoms with van der Waals surface area (Å²) in [6.07, 6.45) is -3.26. The zero-order valence-corrected chi connectivity index (χ0v) is 11.5. The first-order chi connectivity index (χ1) is 9.74. The van der Waals surface area contributed by atoms with Crippen LogP contribution in [-0.4, -0.2) is 11.9 Å². The first-order valence-electron chi connectivity index (χ1n) is 6.09. The number of benzene rings is 1. The van der Waals surface area contributed by atoms with Gasteiger partial charge in [-0.25, -0.2) is 0 Å². The van der Waals surface area contributed by atoms with Crippen molar-refractivity contribution in [3.63, 3.8) is 0 Å². The molecular weight excluding hydrogens is 283 g/mol. The van der Waals surface area contributed by atoms with Gasteiger partial charge in [0.25, 0.3) is 5.91 Å². The molecule has 0 saturated heterocycles. The zero-order valence-electron chi connectivity index (χ0n) is 11.5. The Balaban J connectivity index is 2.88. The van der Waals surface area contributed by atoms with E-state index in [1.165, 1.54) is 18.3 Å². The van der Waals surface area contributed by atoms with Gasteiger partial charge in [0, 0.05) is 17.9 Å². The average Bonchev–Trinajstić information content (AvgIpc) is 2.38. The van der Waals surface area contributed by atoms with E-state index < -0.39 is 17.6 Å². The topological polar surface area (TPSA) is 64.9 Å². The molecule has 1 aromatic rings. The number of hydrogen-bond acceptors (Lipinski definition) is 3. The van der Waals surface area contributed by atoms with Crippen LogP contribution in [-0.2, 0) is 11.0 Å². The Labute approximate surface area is 120 Å². The molecule has 0 unspecified atom stereocenters. The van der Waals surface area contributed by atoms with E-state index in [0.29, 0.717) is 0 Å². The number of nitrogens with one attached hydrogen (secondary N) is 2. The van der Waals surface area contributed by atoms with Gasteiger partial charge in [-0.05, 0) is 32.0 Å². The van der Waals surface area contributed by atoms with Crippen LogP contribution >= 0.6 is 0 Å². The lowest BCUT2D eigenvalue weighted by Crippen LogP contribution is -2.20. The van der Waals surface area contributed by atoms with E-state index in [1.54, 1.807) is 6.07 Å². The van der Waals surface area contributed by atoms with Gasteiger partial charge in [0.15, 0.2) is 0 Å². The lowest BCUT2D eigenvalue weighted by molar-refractivity contribution is -0.137. The Morgan fingerprint density at radius 2 is 2.05 bits per heavy atom. The third-order valence-electron chi connectivity index (χ3n) is 2.37. The van der Waals surface area contributed by atoms with E-state index in [4.69, 9.17) is 5.26 Å². The number of rotatable bonds is 4. The molecule has 1 aromatic carbocycles. The molecule has 0 radical (unpaired) electrons. The molecular formula is C14H14F3N3O. The van der Waals surface area contributed by atoms with Crippen LogP contribution in [0.1, 0.15) is 19.4 Å².